The number of nitrogens with zero attached hydrogens (tertiary/aromatic N) is 4. The number of tetrazole rings is 1. The van der Waals surface area contributed by atoms with Crippen molar-refractivity contribution in [1.82, 2.24) is 20.2 Å². The first-order chi connectivity index (χ1) is 14.7. The molecule has 3 aromatic rings. The number of hydrogen-bond donors (Lipinski definition) is 2. The van der Waals surface area contributed by atoms with E-state index in [4.69, 9.17) is 15.2 Å². The first-order valence-corrected chi connectivity index (χ1v) is 10.8. The Labute approximate surface area is 179 Å². The lowest BCUT2D eigenvalue weighted by atomic mass is 10.0. The number of ether oxygens (including phenoxy) is 2. The highest BCUT2D eigenvalue weighted by Gasteiger charge is 2.32. The van der Waals surface area contributed by atoms with Gasteiger partial charge in [0.25, 0.3) is 0 Å². The molecule has 1 aliphatic rings. The maximum atomic E-state index is 9.32. The SMILES string of the molecule is Cn1nnnc1SC[C@@H]1C[C@H](c2ccc(CO)cc2)OC(c2ccc(CN)cc2)O1. The lowest BCUT2D eigenvalue weighted by Crippen LogP contribution is -2.31. The molecule has 3 N–H and O–H groups in total. The molecule has 0 spiro atoms. The minimum absolute atomic E-state index is 0.0238. The van der Waals surface area contributed by atoms with Crippen LogP contribution in [0.3, 0.4) is 0 Å². The van der Waals surface area contributed by atoms with Gasteiger partial charge in [-0.1, -0.05) is 60.3 Å². The molecule has 0 radical (unpaired) electrons. The van der Waals surface area contributed by atoms with E-state index in [9.17, 15) is 5.11 Å². The number of nitrogens with two attached hydrogens (primary N) is 1. The number of benzene rings is 2. The van der Waals surface area contributed by atoms with E-state index in [1.165, 1.54) is 0 Å². The van der Waals surface area contributed by atoms with Gasteiger partial charge >= 0.3 is 0 Å². The van der Waals surface area contributed by atoms with Crippen molar-refractivity contribution in [2.24, 2.45) is 12.8 Å². The van der Waals surface area contributed by atoms with E-state index >= 15 is 0 Å². The van der Waals surface area contributed by atoms with Crippen LogP contribution in [0.4, 0.5) is 0 Å². The average Bonchev–Trinajstić information content (AvgIpc) is 3.22. The standard InChI is InChI=1S/C21H25N5O3S/c1-26-21(23-24-25-26)30-13-18-10-19(16-6-4-15(12-27)5-7-16)29-20(28-18)17-8-2-14(11-22)3-9-17/h2-9,18-20,27H,10-13,22H2,1H3/t18-,19+,20?/m0/s1. The van der Waals surface area contributed by atoms with Gasteiger partial charge in [0.2, 0.25) is 5.16 Å². The summed E-state index contributed by atoms with van der Waals surface area (Å²) in [7, 11) is 1.82. The molecule has 2 heterocycles. The third-order valence-electron chi connectivity index (χ3n) is 5.08. The van der Waals surface area contributed by atoms with Gasteiger partial charge in [0.05, 0.1) is 18.8 Å². The van der Waals surface area contributed by atoms with E-state index < -0.39 is 6.29 Å². The summed E-state index contributed by atoms with van der Waals surface area (Å²) in [6, 6.07) is 15.9. The van der Waals surface area contributed by atoms with Crippen molar-refractivity contribution in [3.8, 4) is 0 Å². The topological polar surface area (TPSA) is 108 Å². The number of rotatable bonds is 7. The summed E-state index contributed by atoms with van der Waals surface area (Å²) in [4.78, 5) is 0. The molecule has 2 aromatic carbocycles. The summed E-state index contributed by atoms with van der Waals surface area (Å²) >= 11 is 1.56. The van der Waals surface area contributed by atoms with Crippen molar-refractivity contribution >= 4 is 11.8 Å². The molecule has 30 heavy (non-hydrogen) atoms. The van der Waals surface area contributed by atoms with Gasteiger partial charge in [-0.3, -0.25) is 0 Å². The monoisotopic (exact) mass is 427 g/mol. The first-order valence-electron chi connectivity index (χ1n) is 9.81. The van der Waals surface area contributed by atoms with Gasteiger partial charge in [-0.25, -0.2) is 4.68 Å². The molecule has 1 fully saturated rings. The van der Waals surface area contributed by atoms with Crippen LogP contribution in [-0.2, 0) is 29.7 Å². The van der Waals surface area contributed by atoms with E-state index in [0.717, 1.165) is 27.4 Å². The van der Waals surface area contributed by atoms with Crippen molar-refractivity contribution < 1.29 is 14.6 Å². The number of thioether (sulfide) groups is 1. The Morgan fingerprint density at radius 2 is 1.77 bits per heavy atom. The van der Waals surface area contributed by atoms with Gasteiger partial charge < -0.3 is 20.3 Å². The van der Waals surface area contributed by atoms with Crippen LogP contribution < -0.4 is 5.73 Å². The molecule has 9 heteroatoms. The molecule has 1 aliphatic heterocycles. The molecular formula is C21H25N5O3S. The van der Waals surface area contributed by atoms with Crippen molar-refractivity contribution in [2.75, 3.05) is 5.75 Å². The molecule has 1 aromatic heterocycles. The first kappa shape index (κ1) is 21.0. The fourth-order valence-electron chi connectivity index (χ4n) is 3.34. The quantitative estimate of drug-likeness (QED) is 0.554. The summed E-state index contributed by atoms with van der Waals surface area (Å²) in [6.07, 6.45) is 0.0843. The third-order valence-corrected chi connectivity index (χ3v) is 6.22. The van der Waals surface area contributed by atoms with Gasteiger partial charge in [-0.2, -0.15) is 0 Å². The molecule has 0 saturated carbocycles. The number of hydrogen-bond acceptors (Lipinski definition) is 8. The molecule has 158 valence electrons. The minimum atomic E-state index is -0.476. The molecular weight excluding hydrogens is 402 g/mol. The third kappa shape index (κ3) is 4.88. The van der Waals surface area contributed by atoms with Crippen LogP contribution in [0.25, 0.3) is 0 Å². The maximum Gasteiger partial charge on any atom is 0.209 e. The predicted octanol–water partition coefficient (Wildman–Crippen LogP) is 2.50. The Bertz CT molecular complexity index is 893. The summed E-state index contributed by atoms with van der Waals surface area (Å²) in [5.74, 6) is 0.709. The number of aliphatic hydroxyl groups is 1. The van der Waals surface area contributed by atoms with Crippen LogP contribution in [0.15, 0.2) is 53.7 Å². The molecule has 8 nitrogen and oxygen atoms in total. The Morgan fingerprint density at radius 3 is 2.40 bits per heavy atom. The van der Waals surface area contributed by atoms with Gasteiger partial charge in [0, 0.05) is 31.3 Å². The van der Waals surface area contributed by atoms with Crippen molar-refractivity contribution in [3.05, 3.63) is 70.8 Å². The number of aliphatic hydroxyl groups excluding tert-OH is 1. The summed E-state index contributed by atoms with van der Waals surface area (Å²) in [6.45, 7) is 0.521. The highest BCUT2D eigenvalue weighted by molar-refractivity contribution is 7.99. The van der Waals surface area contributed by atoms with Crippen molar-refractivity contribution in [2.45, 2.75) is 43.2 Å². The van der Waals surface area contributed by atoms with Gasteiger partial charge in [-0.15, -0.1) is 5.10 Å². The smallest absolute Gasteiger partial charge is 0.209 e. The van der Waals surface area contributed by atoms with Gasteiger partial charge in [0.15, 0.2) is 6.29 Å². The van der Waals surface area contributed by atoms with E-state index in [-0.39, 0.29) is 18.8 Å². The van der Waals surface area contributed by atoms with Crippen molar-refractivity contribution in [1.29, 1.82) is 0 Å². The zero-order chi connectivity index (χ0) is 20.9. The molecule has 1 unspecified atom stereocenters. The normalized spacial score (nSPS) is 21.6. The van der Waals surface area contributed by atoms with Crippen LogP contribution in [0.1, 0.15) is 41.1 Å². The fraction of sp³-hybridized carbons (Fsp3) is 0.381. The fourth-order valence-corrected chi connectivity index (χ4v) is 4.21. The van der Waals surface area contributed by atoms with Crippen LogP contribution in [0.2, 0.25) is 0 Å². The van der Waals surface area contributed by atoms with E-state index in [2.05, 4.69) is 15.5 Å². The lowest BCUT2D eigenvalue weighted by Gasteiger charge is -2.36. The van der Waals surface area contributed by atoms with E-state index in [0.29, 0.717) is 18.7 Å². The summed E-state index contributed by atoms with van der Waals surface area (Å²) in [5, 5.41) is 21.7. The second-order valence-corrected chi connectivity index (χ2v) is 8.18. The minimum Gasteiger partial charge on any atom is -0.392 e. The Hall–Kier alpha value is -2.30. The summed E-state index contributed by atoms with van der Waals surface area (Å²) < 4.78 is 14.3. The predicted molar refractivity (Wildman–Crippen MR) is 112 cm³/mol. The number of aryl methyl sites for hydroxylation is 1. The molecule has 4 rings (SSSR count). The Kier molecular flexibility index (Phi) is 6.76. The summed E-state index contributed by atoms with van der Waals surface area (Å²) in [5.41, 5.74) is 9.68. The van der Waals surface area contributed by atoms with Crippen LogP contribution in [0.5, 0.6) is 0 Å². The van der Waals surface area contributed by atoms with Crippen LogP contribution >= 0.6 is 11.8 Å². The molecule has 3 atom stereocenters. The zero-order valence-corrected chi connectivity index (χ0v) is 17.5. The van der Waals surface area contributed by atoms with Gasteiger partial charge in [-0.05, 0) is 27.1 Å². The van der Waals surface area contributed by atoms with Gasteiger partial charge in [0.1, 0.15) is 0 Å². The zero-order valence-electron chi connectivity index (χ0n) is 16.7. The highest BCUT2D eigenvalue weighted by Crippen LogP contribution is 2.39. The van der Waals surface area contributed by atoms with Crippen LogP contribution in [0, 0.1) is 0 Å². The Balaban J connectivity index is 1.53. The molecule has 0 aliphatic carbocycles. The second kappa shape index (κ2) is 9.67. The van der Waals surface area contributed by atoms with Crippen molar-refractivity contribution in [3.63, 3.8) is 0 Å². The number of aromatic nitrogens is 4. The van der Waals surface area contributed by atoms with Crippen LogP contribution in [-0.4, -0.2) is 37.2 Å². The largest absolute Gasteiger partial charge is 0.392 e. The van der Waals surface area contributed by atoms with E-state index in [1.54, 1.807) is 16.4 Å². The lowest BCUT2D eigenvalue weighted by molar-refractivity contribution is -0.245. The Morgan fingerprint density at radius 1 is 1.07 bits per heavy atom. The van der Waals surface area contributed by atoms with E-state index in [1.807, 2.05) is 55.6 Å². The molecule has 0 bridgehead atoms. The molecule has 1 saturated heterocycles. The average molecular weight is 428 g/mol. The highest BCUT2D eigenvalue weighted by atomic mass is 32.2. The molecule has 0 amide bonds. The second-order valence-electron chi connectivity index (χ2n) is 7.19. The maximum absolute atomic E-state index is 9.32.